The van der Waals surface area contributed by atoms with Gasteiger partial charge in [-0.2, -0.15) is 0 Å². The Morgan fingerprint density at radius 2 is 1.85 bits per heavy atom. The third-order valence-corrected chi connectivity index (χ3v) is 28.5. The fourth-order valence-electron chi connectivity index (χ4n) is 1.90. The summed E-state index contributed by atoms with van der Waals surface area (Å²) in [5, 5.41) is 0. The number of rotatable bonds is 0. The van der Waals surface area contributed by atoms with Crippen molar-refractivity contribution in [3.05, 3.63) is 0 Å². The molecule has 2 N–H and O–H groups in total. The van der Waals surface area contributed by atoms with E-state index in [2.05, 4.69) is 13.1 Å². The average molecular weight is 236 g/mol. The van der Waals surface area contributed by atoms with Crippen LogP contribution in [0.4, 0.5) is 0 Å². The molecule has 3 nitrogen and oxygen atoms in total. The molecule has 0 radical (unpaired) electrons. The minimum atomic E-state index is -2.66. The molecule has 0 bridgehead atoms. The largest absolute Gasteiger partial charge is 0.435 e. The summed E-state index contributed by atoms with van der Waals surface area (Å²) in [4.78, 5) is 20.2. The molecule has 0 amide bonds. The molecule has 0 aromatic rings. The minimum Gasteiger partial charge on any atom is -0.435 e. The zero-order chi connectivity index (χ0) is 10.1. The lowest BCUT2D eigenvalue weighted by Gasteiger charge is -2.36. The first-order valence-electron chi connectivity index (χ1n) is 4.91. The lowest BCUT2D eigenvalue weighted by Crippen LogP contribution is -2.65. The van der Waals surface area contributed by atoms with E-state index in [1.54, 1.807) is 6.55 Å². The van der Waals surface area contributed by atoms with E-state index >= 15 is 0 Å². The summed E-state index contributed by atoms with van der Waals surface area (Å²) in [6.45, 7) is 6.80. The fourth-order valence-corrected chi connectivity index (χ4v) is 27.2. The molecule has 1 aliphatic heterocycles. The van der Waals surface area contributed by atoms with Crippen LogP contribution in [0.1, 0.15) is 12.8 Å². The highest BCUT2D eigenvalue weighted by atomic mass is 29.6. The lowest BCUT2D eigenvalue weighted by atomic mass is 10.4. The quantitative estimate of drug-likeness (QED) is 0.600. The smallest absolute Gasteiger partial charge is 0.336 e. The second-order valence-corrected chi connectivity index (χ2v) is 25.3. The molecule has 0 aliphatic carbocycles. The third kappa shape index (κ3) is 2.74. The molecule has 1 saturated heterocycles. The van der Waals surface area contributed by atoms with Crippen LogP contribution in [-0.2, 0) is 4.43 Å². The van der Waals surface area contributed by atoms with Gasteiger partial charge >= 0.3 is 8.08 Å². The molecule has 13 heavy (non-hydrogen) atoms. The molecule has 78 valence electrons. The maximum Gasteiger partial charge on any atom is 0.336 e. The maximum absolute atomic E-state index is 10.2. The molecule has 0 spiro atoms. The summed E-state index contributed by atoms with van der Waals surface area (Å²) in [6, 6.07) is 1.16. The van der Waals surface area contributed by atoms with E-state index in [0.717, 1.165) is 18.9 Å². The predicted molar refractivity (Wildman–Crippen MR) is 60.7 cm³/mol. The molecule has 1 rings (SSSR count). The molecule has 1 fully saturated rings. The van der Waals surface area contributed by atoms with Crippen molar-refractivity contribution < 1.29 is 14.0 Å². The van der Waals surface area contributed by atoms with Crippen LogP contribution in [0.2, 0.25) is 25.7 Å². The summed E-state index contributed by atoms with van der Waals surface area (Å²) in [5.74, 6) is 0. The maximum atomic E-state index is 10.2. The number of hydrogen-bond acceptors (Lipinski definition) is 3. The second kappa shape index (κ2) is 3.95. The van der Waals surface area contributed by atoms with E-state index in [9.17, 15) is 9.59 Å². The van der Waals surface area contributed by atoms with E-state index < -0.39 is 23.7 Å². The first-order chi connectivity index (χ1) is 5.86. The van der Waals surface area contributed by atoms with Crippen molar-refractivity contribution in [3.63, 3.8) is 0 Å². The Bertz CT molecular complexity index is 166. The molecule has 2 unspecified atom stereocenters. The van der Waals surface area contributed by atoms with Crippen LogP contribution in [0, 0.1) is 0 Å². The first-order valence-corrected chi connectivity index (χ1v) is 14.6. The van der Waals surface area contributed by atoms with Crippen molar-refractivity contribution in [2.45, 2.75) is 38.5 Å². The van der Waals surface area contributed by atoms with Crippen LogP contribution in [0.5, 0.6) is 0 Å². The third-order valence-electron chi connectivity index (χ3n) is 2.86. The average Bonchev–Trinajstić information content (AvgIpc) is 2.01. The highest BCUT2D eigenvalue weighted by molar-refractivity contribution is 7.55. The van der Waals surface area contributed by atoms with Gasteiger partial charge in [-0.3, -0.25) is 0 Å². The summed E-state index contributed by atoms with van der Waals surface area (Å²) >= 11 is 0. The topological polar surface area (TPSA) is 49.7 Å². The van der Waals surface area contributed by atoms with Gasteiger partial charge in [0.05, 0.1) is 7.59 Å². The first kappa shape index (κ1) is 11.6. The van der Waals surface area contributed by atoms with E-state index in [0.29, 0.717) is 6.61 Å². The van der Waals surface area contributed by atoms with Gasteiger partial charge in [0.2, 0.25) is 8.08 Å². The van der Waals surface area contributed by atoms with Crippen molar-refractivity contribution in [2.75, 3.05) is 6.61 Å². The standard InChI is InChI=1S/C7H20O3Si3/c1-12(2)7-5-4-6-10-13(3,9)11(12)8/h8-9,11H,4-7H2,1-3H3. The normalized spacial score (nSPS) is 40.8. The molecule has 1 aliphatic rings. The van der Waals surface area contributed by atoms with Gasteiger partial charge in [0.25, 0.3) is 0 Å². The molecule has 6 heteroatoms. The molecular weight excluding hydrogens is 216 g/mol. The van der Waals surface area contributed by atoms with Gasteiger partial charge < -0.3 is 14.0 Å². The molecular formula is C7H20O3Si3. The van der Waals surface area contributed by atoms with Crippen molar-refractivity contribution in [1.82, 2.24) is 0 Å². The summed E-state index contributed by atoms with van der Waals surface area (Å²) in [6.07, 6.45) is 2.20. The van der Waals surface area contributed by atoms with E-state index in [1.807, 2.05) is 0 Å². The van der Waals surface area contributed by atoms with Gasteiger partial charge in [0.15, 0.2) is 0 Å². The van der Waals surface area contributed by atoms with E-state index in [1.165, 1.54) is 0 Å². The zero-order valence-electron chi connectivity index (χ0n) is 8.71. The highest BCUT2D eigenvalue weighted by Crippen LogP contribution is 2.23. The van der Waals surface area contributed by atoms with Gasteiger partial charge in [-0.05, 0) is 13.0 Å². The summed E-state index contributed by atoms with van der Waals surface area (Å²) in [7, 11) is -6.16. The van der Waals surface area contributed by atoms with Crippen LogP contribution in [0.15, 0.2) is 0 Å². The van der Waals surface area contributed by atoms with Crippen molar-refractivity contribution in [3.8, 4) is 0 Å². The molecule has 0 saturated carbocycles. The molecule has 2 atom stereocenters. The van der Waals surface area contributed by atoms with Gasteiger partial charge in [-0.15, -0.1) is 0 Å². The lowest BCUT2D eigenvalue weighted by molar-refractivity contribution is 0.242. The Kier molecular flexibility index (Phi) is 3.53. The van der Waals surface area contributed by atoms with Crippen LogP contribution in [0.3, 0.4) is 0 Å². The monoisotopic (exact) mass is 236 g/mol. The fraction of sp³-hybridized carbons (Fsp3) is 1.00. The summed E-state index contributed by atoms with van der Waals surface area (Å²) in [5.41, 5.74) is 0. The van der Waals surface area contributed by atoms with Gasteiger partial charge in [-0.1, -0.05) is 25.6 Å². The molecule has 0 aromatic carbocycles. The van der Waals surface area contributed by atoms with Crippen LogP contribution in [-0.4, -0.2) is 39.9 Å². The van der Waals surface area contributed by atoms with Crippen LogP contribution < -0.4 is 0 Å². The Hall–Kier alpha value is 0.531. The van der Waals surface area contributed by atoms with Gasteiger partial charge in [0, 0.05) is 6.61 Å². The van der Waals surface area contributed by atoms with E-state index in [4.69, 9.17) is 4.43 Å². The van der Waals surface area contributed by atoms with Gasteiger partial charge in [-0.25, -0.2) is 0 Å². The highest BCUT2D eigenvalue weighted by Gasteiger charge is 2.49. The zero-order valence-corrected chi connectivity index (χ0v) is 11.9. The predicted octanol–water partition coefficient (Wildman–Crippen LogP) is 0.442. The van der Waals surface area contributed by atoms with Crippen LogP contribution >= 0.6 is 0 Å². The number of hydrogen-bond donors (Lipinski definition) is 2. The summed E-state index contributed by atoms with van der Waals surface area (Å²) < 4.78 is 5.46. The second-order valence-electron chi connectivity index (χ2n) is 4.75. The molecule has 0 aromatic heterocycles. The Balaban J connectivity index is 2.77. The Labute approximate surface area is 83.3 Å². The van der Waals surface area contributed by atoms with Crippen molar-refractivity contribution >= 4 is 23.7 Å². The van der Waals surface area contributed by atoms with E-state index in [-0.39, 0.29) is 0 Å². The van der Waals surface area contributed by atoms with Crippen molar-refractivity contribution in [1.29, 1.82) is 0 Å². The van der Waals surface area contributed by atoms with Crippen molar-refractivity contribution in [2.24, 2.45) is 0 Å². The van der Waals surface area contributed by atoms with Crippen LogP contribution in [0.25, 0.3) is 0 Å². The minimum absolute atomic E-state index is 0.647. The SMILES string of the molecule is C[Si]1(C)CCCCO[Si](C)(O)[SiH]1O. The molecule has 1 heterocycles. The van der Waals surface area contributed by atoms with Gasteiger partial charge in [0.1, 0.15) is 0 Å². The Morgan fingerprint density at radius 3 is 2.46 bits per heavy atom. The Morgan fingerprint density at radius 1 is 1.23 bits per heavy atom.